The Morgan fingerprint density at radius 2 is 1.77 bits per heavy atom. The fraction of sp³-hybridized carbons (Fsp3) is 0.455. The lowest BCUT2D eigenvalue weighted by Crippen LogP contribution is -2.62. The van der Waals surface area contributed by atoms with E-state index < -0.39 is 11.8 Å². The molecule has 1 aliphatic heterocycles. The summed E-state index contributed by atoms with van der Waals surface area (Å²) in [6.07, 6.45) is 4.69. The molecule has 0 unspecified atom stereocenters. The van der Waals surface area contributed by atoms with Gasteiger partial charge < -0.3 is 20.5 Å². The monoisotopic (exact) mass is 411 g/mol. The first-order valence-corrected chi connectivity index (χ1v) is 9.99. The van der Waals surface area contributed by atoms with Gasteiger partial charge in [0.25, 0.3) is 0 Å². The van der Waals surface area contributed by atoms with E-state index in [1.807, 2.05) is 0 Å². The van der Waals surface area contributed by atoms with Crippen molar-refractivity contribution in [2.45, 2.75) is 57.7 Å². The van der Waals surface area contributed by atoms with Gasteiger partial charge in [0.1, 0.15) is 0 Å². The van der Waals surface area contributed by atoms with Crippen LogP contribution in [0.2, 0.25) is 0 Å². The molecule has 0 radical (unpaired) electrons. The van der Waals surface area contributed by atoms with Crippen LogP contribution < -0.4 is 16.0 Å². The third-order valence-electron chi connectivity index (χ3n) is 5.14. The van der Waals surface area contributed by atoms with E-state index in [0.29, 0.717) is 17.1 Å². The highest BCUT2D eigenvalue weighted by Gasteiger charge is 2.38. The number of rotatable bonds is 4. The number of benzene rings is 1. The molecule has 8 heteroatoms. The largest absolute Gasteiger partial charge is 0.345 e. The maximum atomic E-state index is 12.6. The minimum absolute atomic E-state index is 0.106. The Labute approximate surface area is 176 Å². The number of amides is 2. The first-order valence-electron chi connectivity index (χ1n) is 9.99. The zero-order chi connectivity index (χ0) is 22.1. The SMILES string of the molecule is Cn1ccnc1C(=O)c1cccc(NC(=O)C(=O)NC2CC(C)(C)NC(C)(C)C2)c1. The molecule has 1 saturated heterocycles. The van der Waals surface area contributed by atoms with Crippen LogP contribution in [0.3, 0.4) is 0 Å². The first kappa shape index (κ1) is 21.7. The van der Waals surface area contributed by atoms with E-state index in [9.17, 15) is 14.4 Å². The molecule has 8 nitrogen and oxygen atoms in total. The fourth-order valence-electron chi connectivity index (χ4n) is 4.31. The number of ketones is 1. The van der Waals surface area contributed by atoms with Crippen LogP contribution in [0.5, 0.6) is 0 Å². The molecule has 1 fully saturated rings. The van der Waals surface area contributed by atoms with Gasteiger partial charge in [0, 0.05) is 47.8 Å². The van der Waals surface area contributed by atoms with Gasteiger partial charge in [0.05, 0.1) is 0 Å². The standard InChI is InChI=1S/C22H29N5O3/c1-21(2)12-16(13-22(3,4)26-21)25-20(30)19(29)24-15-8-6-7-14(11-15)17(28)18-23-9-10-27(18)5/h6-11,16,26H,12-13H2,1-5H3,(H,24,29)(H,25,30). The number of hydrogen-bond acceptors (Lipinski definition) is 5. The van der Waals surface area contributed by atoms with Crippen molar-refractivity contribution in [2.75, 3.05) is 5.32 Å². The van der Waals surface area contributed by atoms with Crippen molar-refractivity contribution < 1.29 is 14.4 Å². The quantitative estimate of drug-likeness (QED) is 0.527. The molecule has 3 rings (SSSR count). The van der Waals surface area contributed by atoms with Crippen molar-refractivity contribution in [1.29, 1.82) is 0 Å². The predicted molar refractivity (Wildman–Crippen MR) is 114 cm³/mol. The number of nitrogens with one attached hydrogen (secondary N) is 3. The Hall–Kier alpha value is -3.00. The number of carbonyl (C=O) groups excluding carboxylic acids is 3. The number of aryl methyl sites for hydroxylation is 1. The second-order valence-corrected chi connectivity index (χ2v) is 9.20. The molecule has 0 spiro atoms. The molecule has 1 aliphatic rings. The molecule has 30 heavy (non-hydrogen) atoms. The second kappa shape index (κ2) is 8.02. The van der Waals surface area contributed by atoms with Gasteiger partial charge in [-0.05, 0) is 52.7 Å². The molecular weight excluding hydrogens is 382 g/mol. The molecule has 0 atom stereocenters. The summed E-state index contributed by atoms with van der Waals surface area (Å²) in [5.41, 5.74) is 0.469. The molecule has 2 heterocycles. The van der Waals surface area contributed by atoms with Crippen LogP contribution in [0, 0.1) is 0 Å². The van der Waals surface area contributed by atoms with Gasteiger partial charge >= 0.3 is 11.8 Å². The Bertz CT molecular complexity index is 961. The molecule has 2 amide bonds. The highest BCUT2D eigenvalue weighted by molar-refractivity contribution is 6.39. The van der Waals surface area contributed by atoms with Crippen LogP contribution in [-0.2, 0) is 16.6 Å². The van der Waals surface area contributed by atoms with E-state index >= 15 is 0 Å². The number of carbonyl (C=O) groups is 3. The third-order valence-corrected chi connectivity index (χ3v) is 5.14. The second-order valence-electron chi connectivity index (χ2n) is 9.20. The Morgan fingerprint density at radius 3 is 2.37 bits per heavy atom. The number of piperidine rings is 1. The van der Waals surface area contributed by atoms with Gasteiger partial charge in [-0.3, -0.25) is 14.4 Å². The van der Waals surface area contributed by atoms with Gasteiger partial charge in [-0.2, -0.15) is 0 Å². The van der Waals surface area contributed by atoms with Gasteiger partial charge in [-0.1, -0.05) is 12.1 Å². The maximum Gasteiger partial charge on any atom is 0.313 e. The van der Waals surface area contributed by atoms with E-state index in [0.717, 1.165) is 12.8 Å². The molecule has 0 bridgehead atoms. The number of aromatic nitrogens is 2. The van der Waals surface area contributed by atoms with Gasteiger partial charge in [-0.25, -0.2) is 4.98 Å². The smallest absolute Gasteiger partial charge is 0.313 e. The van der Waals surface area contributed by atoms with Crippen LogP contribution >= 0.6 is 0 Å². The summed E-state index contributed by atoms with van der Waals surface area (Å²) in [5, 5.41) is 8.97. The van der Waals surface area contributed by atoms with Gasteiger partial charge in [0.2, 0.25) is 5.78 Å². The predicted octanol–water partition coefficient (Wildman–Crippen LogP) is 2.01. The summed E-state index contributed by atoms with van der Waals surface area (Å²) < 4.78 is 1.63. The van der Waals surface area contributed by atoms with Gasteiger partial charge in [0.15, 0.2) is 5.82 Å². The minimum atomic E-state index is -0.759. The molecule has 0 aliphatic carbocycles. The third kappa shape index (κ3) is 5.13. The minimum Gasteiger partial charge on any atom is -0.345 e. The molecule has 3 N–H and O–H groups in total. The number of nitrogens with zero attached hydrogens (tertiary/aromatic N) is 2. The van der Waals surface area contributed by atoms with Crippen molar-refractivity contribution in [2.24, 2.45) is 7.05 Å². The summed E-state index contributed by atoms with van der Waals surface area (Å²) in [6, 6.07) is 6.37. The highest BCUT2D eigenvalue weighted by Crippen LogP contribution is 2.28. The van der Waals surface area contributed by atoms with Crippen molar-refractivity contribution in [3.8, 4) is 0 Å². The number of hydrogen-bond donors (Lipinski definition) is 3. The summed E-state index contributed by atoms with van der Waals surface area (Å²) in [6.45, 7) is 8.32. The first-order chi connectivity index (χ1) is 14.0. The van der Waals surface area contributed by atoms with E-state index in [1.54, 1.807) is 48.3 Å². The lowest BCUT2D eigenvalue weighted by Gasteiger charge is -2.46. The number of imidazole rings is 1. The highest BCUT2D eigenvalue weighted by atomic mass is 16.2. The molecule has 160 valence electrons. The lowest BCUT2D eigenvalue weighted by molar-refractivity contribution is -0.137. The van der Waals surface area contributed by atoms with E-state index in [4.69, 9.17) is 0 Å². The van der Waals surface area contributed by atoms with Crippen LogP contribution in [0.25, 0.3) is 0 Å². The Balaban J connectivity index is 1.65. The normalized spacial score (nSPS) is 17.9. The lowest BCUT2D eigenvalue weighted by atomic mass is 9.79. The summed E-state index contributed by atoms with van der Waals surface area (Å²) in [7, 11) is 1.74. The zero-order valence-electron chi connectivity index (χ0n) is 18.1. The average Bonchev–Trinajstić information content (AvgIpc) is 3.04. The maximum absolute atomic E-state index is 12.6. The van der Waals surface area contributed by atoms with E-state index in [-0.39, 0.29) is 22.9 Å². The van der Waals surface area contributed by atoms with Crippen molar-refractivity contribution >= 4 is 23.3 Å². The molecular formula is C22H29N5O3. The van der Waals surface area contributed by atoms with E-state index in [2.05, 4.69) is 48.6 Å². The average molecular weight is 412 g/mol. The number of anilines is 1. The zero-order valence-corrected chi connectivity index (χ0v) is 18.1. The van der Waals surface area contributed by atoms with Crippen LogP contribution in [0.4, 0.5) is 5.69 Å². The molecule has 0 saturated carbocycles. The van der Waals surface area contributed by atoms with Crippen molar-refractivity contribution in [1.82, 2.24) is 20.2 Å². The summed E-state index contributed by atoms with van der Waals surface area (Å²) in [5.74, 6) is -1.41. The van der Waals surface area contributed by atoms with E-state index in [1.165, 1.54) is 0 Å². The van der Waals surface area contributed by atoms with Crippen molar-refractivity contribution in [3.05, 3.63) is 48.0 Å². The molecule has 2 aromatic rings. The summed E-state index contributed by atoms with van der Waals surface area (Å²) in [4.78, 5) is 41.6. The molecule has 1 aromatic carbocycles. The summed E-state index contributed by atoms with van der Waals surface area (Å²) >= 11 is 0. The fourth-order valence-corrected chi connectivity index (χ4v) is 4.31. The van der Waals surface area contributed by atoms with Crippen LogP contribution in [-0.4, -0.2) is 44.3 Å². The van der Waals surface area contributed by atoms with Crippen molar-refractivity contribution in [3.63, 3.8) is 0 Å². The topological polar surface area (TPSA) is 105 Å². The van der Waals surface area contributed by atoms with Crippen LogP contribution in [0.15, 0.2) is 36.7 Å². The Morgan fingerprint density at radius 1 is 1.10 bits per heavy atom. The van der Waals surface area contributed by atoms with Crippen LogP contribution in [0.1, 0.15) is 56.7 Å². The Kier molecular flexibility index (Phi) is 5.81. The molecule has 1 aromatic heterocycles. The van der Waals surface area contributed by atoms with Gasteiger partial charge in [-0.15, -0.1) is 0 Å².